The molecule has 0 radical (unpaired) electrons. The lowest BCUT2D eigenvalue weighted by atomic mass is 10.0. The van der Waals surface area contributed by atoms with E-state index >= 15 is 0 Å². The molecule has 1 aliphatic rings. The molecule has 1 aliphatic heterocycles. The van der Waals surface area contributed by atoms with E-state index in [4.69, 9.17) is 24.1 Å². The Kier molecular flexibility index (Phi) is 5.63. The third-order valence-corrected chi connectivity index (χ3v) is 5.38. The minimum Gasteiger partial charge on any atom is -0.304 e. The summed E-state index contributed by atoms with van der Waals surface area (Å²) in [5, 5.41) is 8.64. The van der Waals surface area contributed by atoms with E-state index in [2.05, 4.69) is 4.85 Å². The van der Waals surface area contributed by atoms with Crippen LogP contribution in [0.25, 0.3) is 4.85 Å². The molecule has 33 heavy (non-hydrogen) atoms. The van der Waals surface area contributed by atoms with Crippen LogP contribution in [0.5, 0.6) is 0 Å². The molecule has 0 spiro atoms. The maximum Gasteiger partial charge on any atom is 0.417 e. The first kappa shape index (κ1) is 24.0. The van der Waals surface area contributed by atoms with E-state index in [9.17, 15) is 31.1 Å². The lowest BCUT2D eigenvalue weighted by Gasteiger charge is -2.30. The normalized spacial score (nSPS) is 16.1. The van der Waals surface area contributed by atoms with Crippen LogP contribution in [0.4, 0.5) is 43.4 Å². The standard InChI is InChI=1S/C21H12F6N4OS/c1-19(2)17(32)30(12-6-7-16(29-3)15(8-12)21(25,26)27)18(33)31(19)13-5-4-11(10-28)14(9-13)20(22,23)24/h4-9H,1-2H3. The van der Waals surface area contributed by atoms with Crippen molar-refractivity contribution in [3.63, 3.8) is 0 Å². The lowest BCUT2D eigenvalue weighted by Crippen LogP contribution is -2.44. The second-order valence-electron chi connectivity index (χ2n) is 7.47. The number of amides is 1. The van der Waals surface area contributed by atoms with Gasteiger partial charge in [-0.3, -0.25) is 9.69 Å². The molecule has 1 fully saturated rings. The number of thiocarbonyl (C=S) groups is 1. The SMILES string of the molecule is [C-]#[N+]c1ccc(N2C(=O)C(C)(C)N(c3ccc(C#N)c(C(F)(F)F)c3)C2=S)cc1C(F)(F)F. The summed E-state index contributed by atoms with van der Waals surface area (Å²) in [5.74, 6) is -0.783. The number of anilines is 2. The minimum absolute atomic E-state index is 0.166. The fourth-order valence-electron chi connectivity index (χ4n) is 3.45. The van der Waals surface area contributed by atoms with Crippen molar-refractivity contribution in [3.8, 4) is 6.07 Å². The number of nitriles is 1. The highest BCUT2D eigenvalue weighted by molar-refractivity contribution is 7.81. The van der Waals surface area contributed by atoms with E-state index in [0.717, 1.165) is 28.0 Å². The number of hydrogen-bond acceptors (Lipinski definition) is 3. The van der Waals surface area contributed by atoms with Gasteiger partial charge in [-0.25, -0.2) is 4.85 Å². The molecular weight excluding hydrogens is 470 g/mol. The van der Waals surface area contributed by atoms with E-state index in [1.54, 1.807) is 0 Å². The number of halogens is 6. The Bertz CT molecular complexity index is 1250. The number of nitrogens with zero attached hydrogens (tertiary/aromatic N) is 4. The van der Waals surface area contributed by atoms with Crippen molar-refractivity contribution < 1.29 is 31.1 Å². The van der Waals surface area contributed by atoms with Gasteiger partial charge >= 0.3 is 12.4 Å². The molecule has 170 valence electrons. The van der Waals surface area contributed by atoms with Gasteiger partial charge in [0.05, 0.1) is 29.3 Å². The molecule has 0 N–H and O–H groups in total. The maximum absolute atomic E-state index is 13.4. The molecule has 0 bridgehead atoms. The highest BCUT2D eigenvalue weighted by Gasteiger charge is 2.51. The minimum atomic E-state index is -4.88. The van der Waals surface area contributed by atoms with Gasteiger partial charge in [0.25, 0.3) is 5.91 Å². The Morgan fingerprint density at radius 1 is 1.00 bits per heavy atom. The Morgan fingerprint density at radius 3 is 2.06 bits per heavy atom. The molecule has 0 unspecified atom stereocenters. The first-order valence-corrected chi connectivity index (χ1v) is 9.44. The van der Waals surface area contributed by atoms with E-state index in [1.807, 2.05) is 0 Å². The predicted octanol–water partition coefficient (Wildman–Crippen LogP) is 6.06. The summed E-state index contributed by atoms with van der Waals surface area (Å²) < 4.78 is 80.5. The van der Waals surface area contributed by atoms with Crippen molar-refractivity contribution in [1.82, 2.24) is 0 Å². The highest BCUT2D eigenvalue weighted by Crippen LogP contribution is 2.43. The van der Waals surface area contributed by atoms with Crippen LogP contribution in [0.2, 0.25) is 0 Å². The average Bonchev–Trinajstić information content (AvgIpc) is 2.89. The molecule has 0 aliphatic carbocycles. The maximum atomic E-state index is 13.4. The Morgan fingerprint density at radius 2 is 1.55 bits per heavy atom. The van der Waals surface area contributed by atoms with Gasteiger partial charge in [-0.2, -0.15) is 31.6 Å². The van der Waals surface area contributed by atoms with Crippen molar-refractivity contribution in [2.75, 3.05) is 9.80 Å². The molecule has 0 saturated carbocycles. The molecule has 5 nitrogen and oxygen atoms in total. The second-order valence-corrected chi connectivity index (χ2v) is 7.83. The van der Waals surface area contributed by atoms with Crippen molar-refractivity contribution in [3.05, 3.63) is 64.5 Å². The number of hydrogen-bond donors (Lipinski definition) is 0. The highest BCUT2D eigenvalue weighted by atomic mass is 32.1. The average molecular weight is 482 g/mol. The van der Waals surface area contributed by atoms with Crippen molar-refractivity contribution in [2.24, 2.45) is 0 Å². The number of carbonyl (C=O) groups is 1. The summed E-state index contributed by atoms with van der Waals surface area (Å²) in [4.78, 5) is 17.8. The van der Waals surface area contributed by atoms with Crippen LogP contribution in [0, 0.1) is 17.9 Å². The molecule has 1 heterocycles. The van der Waals surface area contributed by atoms with Gasteiger partial charge in [-0.15, -0.1) is 0 Å². The Labute approximate surface area is 189 Å². The van der Waals surface area contributed by atoms with Crippen LogP contribution >= 0.6 is 12.2 Å². The second kappa shape index (κ2) is 7.74. The summed E-state index contributed by atoms with van der Waals surface area (Å²) in [5.41, 5.74) is -5.85. The summed E-state index contributed by atoms with van der Waals surface area (Å²) in [6.45, 7) is 9.64. The van der Waals surface area contributed by atoms with Crippen LogP contribution in [0.15, 0.2) is 36.4 Å². The van der Waals surface area contributed by atoms with Gasteiger partial charge in [-0.1, -0.05) is 6.07 Å². The molecule has 3 rings (SSSR count). The van der Waals surface area contributed by atoms with Crippen molar-refractivity contribution >= 4 is 40.3 Å². The summed E-state index contributed by atoms with van der Waals surface area (Å²) in [7, 11) is 0. The zero-order valence-electron chi connectivity index (χ0n) is 16.8. The molecule has 1 saturated heterocycles. The topological polar surface area (TPSA) is 51.7 Å². The predicted molar refractivity (Wildman–Crippen MR) is 111 cm³/mol. The zero-order valence-corrected chi connectivity index (χ0v) is 17.7. The first-order chi connectivity index (χ1) is 15.1. The Hall–Kier alpha value is -3.64. The van der Waals surface area contributed by atoms with Crippen LogP contribution < -0.4 is 9.80 Å². The molecular formula is C21H12F6N4OS. The van der Waals surface area contributed by atoms with E-state index < -0.39 is 46.2 Å². The molecule has 12 heteroatoms. The van der Waals surface area contributed by atoms with Gasteiger partial charge in [0, 0.05) is 11.4 Å². The van der Waals surface area contributed by atoms with Gasteiger partial charge in [0.15, 0.2) is 10.8 Å². The van der Waals surface area contributed by atoms with Crippen LogP contribution in [0.3, 0.4) is 0 Å². The molecule has 2 aromatic carbocycles. The summed E-state index contributed by atoms with van der Waals surface area (Å²) >= 11 is 5.29. The van der Waals surface area contributed by atoms with E-state index in [1.165, 1.54) is 26.0 Å². The van der Waals surface area contributed by atoms with Gasteiger partial charge in [0.1, 0.15) is 5.54 Å². The quantitative estimate of drug-likeness (QED) is 0.297. The van der Waals surface area contributed by atoms with Crippen LogP contribution in [-0.2, 0) is 17.1 Å². The van der Waals surface area contributed by atoms with Gasteiger partial charge < -0.3 is 4.90 Å². The number of alkyl halides is 6. The van der Waals surface area contributed by atoms with E-state index in [0.29, 0.717) is 12.1 Å². The first-order valence-electron chi connectivity index (χ1n) is 9.03. The van der Waals surface area contributed by atoms with Crippen molar-refractivity contribution in [1.29, 1.82) is 5.26 Å². The van der Waals surface area contributed by atoms with Crippen LogP contribution in [-0.4, -0.2) is 16.6 Å². The smallest absolute Gasteiger partial charge is 0.304 e. The molecule has 2 aromatic rings. The largest absolute Gasteiger partial charge is 0.417 e. The van der Waals surface area contributed by atoms with E-state index in [-0.39, 0.29) is 16.5 Å². The van der Waals surface area contributed by atoms with Gasteiger partial charge in [0.2, 0.25) is 0 Å². The number of benzene rings is 2. The third-order valence-electron chi connectivity index (χ3n) is 5.02. The molecule has 0 atom stereocenters. The van der Waals surface area contributed by atoms with Gasteiger partial charge in [-0.05, 0) is 56.4 Å². The number of rotatable bonds is 2. The third kappa shape index (κ3) is 3.98. The fraction of sp³-hybridized carbons (Fsp3) is 0.238. The Balaban J connectivity index is 2.16. The number of carbonyl (C=O) groups excluding carboxylic acids is 1. The summed E-state index contributed by atoms with van der Waals surface area (Å²) in [6, 6.07) is 6.79. The molecule has 0 aromatic heterocycles. The zero-order chi connectivity index (χ0) is 24.9. The fourth-order valence-corrected chi connectivity index (χ4v) is 3.97. The summed E-state index contributed by atoms with van der Waals surface area (Å²) in [6.07, 6.45) is -9.75. The molecule has 1 amide bonds. The monoisotopic (exact) mass is 482 g/mol. The van der Waals surface area contributed by atoms with Crippen molar-refractivity contribution in [2.45, 2.75) is 31.7 Å². The lowest BCUT2D eigenvalue weighted by molar-refractivity contribution is -0.138. The van der Waals surface area contributed by atoms with Crippen LogP contribution in [0.1, 0.15) is 30.5 Å².